The van der Waals surface area contributed by atoms with Crippen LogP contribution in [0.2, 0.25) is 0 Å². The maximum atomic E-state index is 12.0. The fraction of sp³-hybridized carbons (Fsp3) is 0.211. The van der Waals surface area contributed by atoms with E-state index in [0.29, 0.717) is 16.9 Å². The minimum atomic E-state index is -0.791. The zero-order valence-electron chi connectivity index (χ0n) is 15.6. The molecule has 0 fully saturated rings. The highest BCUT2D eigenvalue weighted by molar-refractivity contribution is 6.08. The third-order valence-electron chi connectivity index (χ3n) is 3.66. The molecular formula is C19H20N6O4. The van der Waals surface area contributed by atoms with Crippen molar-refractivity contribution in [2.75, 3.05) is 18.5 Å². The molecule has 1 aromatic carbocycles. The number of nitrogens with two attached hydrogens (primary N) is 1. The van der Waals surface area contributed by atoms with Gasteiger partial charge >= 0.3 is 11.9 Å². The summed E-state index contributed by atoms with van der Waals surface area (Å²) >= 11 is 0. The van der Waals surface area contributed by atoms with Gasteiger partial charge in [0.05, 0.1) is 12.3 Å². The van der Waals surface area contributed by atoms with Crippen molar-refractivity contribution in [2.45, 2.75) is 12.8 Å². The molecule has 2 amide bonds. The Balaban J connectivity index is 1.91. The first-order valence-corrected chi connectivity index (χ1v) is 8.62. The van der Waals surface area contributed by atoms with Crippen molar-refractivity contribution >= 4 is 29.3 Å². The number of aromatic amines is 1. The normalized spacial score (nSPS) is 10.8. The Labute approximate surface area is 166 Å². The fourth-order valence-electron chi connectivity index (χ4n) is 2.27. The second-order valence-corrected chi connectivity index (χ2v) is 5.71. The summed E-state index contributed by atoms with van der Waals surface area (Å²) in [7, 11) is 0. The molecule has 0 aliphatic heterocycles. The summed E-state index contributed by atoms with van der Waals surface area (Å²) in [4.78, 5) is 35.8. The van der Waals surface area contributed by atoms with Crippen LogP contribution < -0.4 is 16.4 Å². The number of nitrogens with one attached hydrogen (secondary N) is 4. The van der Waals surface area contributed by atoms with E-state index in [1.807, 2.05) is 0 Å². The number of nitrogens with zero attached hydrogens (tertiary/aromatic N) is 1. The number of carbonyl (C=O) groups excluding carboxylic acids is 3. The van der Waals surface area contributed by atoms with Crippen molar-refractivity contribution in [2.24, 2.45) is 5.73 Å². The molecule has 1 unspecified atom stereocenters. The predicted molar refractivity (Wildman–Crippen MR) is 105 cm³/mol. The molecule has 10 nitrogen and oxygen atoms in total. The maximum Gasteiger partial charge on any atom is 0.316 e. The van der Waals surface area contributed by atoms with E-state index in [-0.39, 0.29) is 19.0 Å². The molecule has 1 atom stereocenters. The molecule has 6 N–H and O–H groups in total. The van der Waals surface area contributed by atoms with E-state index in [1.165, 1.54) is 0 Å². The van der Waals surface area contributed by atoms with E-state index in [2.05, 4.69) is 32.7 Å². The van der Waals surface area contributed by atoms with E-state index in [1.54, 1.807) is 43.5 Å². The van der Waals surface area contributed by atoms with Crippen LogP contribution in [0, 0.1) is 17.3 Å². The molecule has 0 aliphatic carbocycles. The summed E-state index contributed by atoms with van der Waals surface area (Å²) in [5.41, 5.74) is 6.73. The molecule has 150 valence electrons. The Morgan fingerprint density at radius 2 is 1.90 bits per heavy atom. The van der Waals surface area contributed by atoms with Gasteiger partial charge in [-0.3, -0.25) is 24.9 Å². The van der Waals surface area contributed by atoms with Gasteiger partial charge in [0.25, 0.3) is 5.91 Å². The number of nitrogen functional groups attached to an aromatic ring is 1. The van der Waals surface area contributed by atoms with Crippen molar-refractivity contribution in [1.82, 2.24) is 15.5 Å². The second kappa shape index (κ2) is 10.3. The summed E-state index contributed by atoms with van der Waals surface area (Å²) in [6.07, 6.45) is 1.55. The van der Waals surface area contributed by atoms with Gasteiger partial charge in [-0.15, -0.1) is 0 Å². The first-order valence-electron chi connectivity index (χ1n) is 8.62. The van der Waals surface area contributed by atoms with Crippen LogP contribution in [0.5, 0.6) is 0 Å². The number of benzene rings is 1. The van der Waals surface area contributed by atoms with E-state index >= 15 is 0 Å². The van der Waals surface area contributed by atoms with Gasteiger partial charge in [-0.2, -0.15) is 5.10 Å². The fourth-order valence-corrected chi connectivity index (χ4v) is 2.27. The molecule has 2 aromatic rings. The van der Waals surface area contributed by atoms with E-state index < -0.39 is 23.7 Å². The Morgan fingerprint density at radius 1 is 1.21 bits per heavy atom. The number of amidine groups is 1. The lowest BCUT2D eigenvalue weighted by molar-refractivity contribution is -0.145. The van der Waals surface area contributed by atoms with Crippen LogP contribution in [0.3, 0.4) is 0 Å². The number of anilines is 1. The van der Waals surface area contributed by atoms with E-state index in [9.17, 15) is 14.4 Å². The number of carbonyl (C=O) groups is 3. The van der Waals surface area contributed by atoms with Crippen LogP contribution >= 0.6 is 0 Å². The van der Waals surface area contributed by atoms with Gasteiger partial charge in [0, 0.05) is 35.8 Å². The van der Waals surface area contributed by atoms with Gasteiger partial charge in [-0.25, -0.2) is 0 Å². The number of hydrogen-bond donors (Lipinski definition) is 5. The smallest absolute Gasteiger partial charge is 0.316 e. The predicted octanol–water partition coefficient (Wildman–Crippen LogP) is 0.0988. The number of hydrogen-bond acceptors (Lipinski definition) is 6. The minimum absolute atomic E-state index is 0.0780. The summed E-state index contributed by atoms with van der Waals surface area (Å²) in [5, 5.41) is 18.8. The molecule has 0 saturated heterocycles. The second-order valence-electron chi connectivity index (χ2n) is 5.71. The molecular weight excluding hydrogens is 376 g/mol. The highest BCUT2D eigenvalue weighted by Gasteiger charge is 2.24. The molecule has 0 spiro atoms. The van der Waals surface area contributed by atoms with Crippen molar-refractivity contribution < 1.29 is 19.1 Å². The summed E-state index contributed by atoms with van der Waals surface area (Å²) in [6.45, 7) is 1.79. The average molecular weight is 396 g/mol. The molecule has 1 heterocycles. The highest BCUT2D eigenvalue weighted by atomic mass is 16.5. The Hall–Kier alpha value is -4.13. The lowest BCUT2D eigenvalue weighted by Gasteiger charge is -2.13. The van der Waals surface area contributed by atoms with Crippen LogP contribution in [0.4, 0.5) is 5.69 Å². The van der Waals surface area contributed by atoms with Gasteiger partial charge < -0.3 is 21.1 Å². The summed E-state index contributed by atoms with van der Waals surface area (Å²) in [5.74, 6) is 1.50. The SMILES string of the molecule is CCOC(=O)C(CNC(=O)C#CC(=O)Nc1ccc(C(=N)N)cc1)c1cc[nH]n1. The van der Waals surface area contributed by atoms with Gasteiger partial charge in [-0.05, 0) is 37.3 Å². The number of amides is 2. The van der Waals surface area contributed by atoms with E-state index in [4.69, 9.17) is 15.9 Å². The van der Waals surface area contributed by atoms with Crippen LogP contribution in [0.15, 0.2) is 36.5 Å². The third kappa shape index (κ3) is 6.51. The summed E-state index contributed by atoms with van der Waals surface area (Å²) in [6, 6.07) is 7.87. The van der Waals surface area contributed by atoms with Gasteiger partial charge in [0.15, 0.2) is 0 Å². The largest absolute Gasteiger partial charge is 0.465 e. The van der Waals surface area contributed by atoms with Crippen molar-refractivity contribution in [1.29, 1.82) is 5.41 Å². The van der Waals surface area contributed by atoms with Gasteiger partial charge in [0.1, 0.15) is 11.8 Å². The number of aromatic nitrogens is 2. The lowest BCUT2D eigenvalue weighted by atomic mass is 10.1. The Morgan fingerprint density at radius 3 is 2.48 bits per heavy atom. The van der Waals surface area contributed by atoms with Crippen molar-refractivity contribution in [3.05, 3.63) is 47.8 Å². The number of H-pyrrole nitrogens is 1. The zero-order valence-corrected chi connectivity index (χ0v) is 15.6. The quantitative estimate of drug-likeness (QED) is 0.193. The third-order valence-corrected chi connectivity index (χ3v) is 3.66. The number of ether oxygens (including phenoxy) is 1. The standard InChI is InChI=1S/C19H20N6O4/c1-2-29-19(28)14(15-9-10-23-25-15)11-22-16(26)7-8-17(27)24-13-5-3-12(4-6-13)18(20)21/h3-6,9-10,14H,2,11H2,1H3,(H3,20,21)(H,22,26)(H,23,25)(H,24,27). The van der Waals surface area contributed by atoms with Gasteiger partial charge in [0.2, 0.25) is 0 Å². The van der Waals surface area contributed by atoms with E-state index in [0.717, 1.165) is 0 Å². The topological polar surface area (TPSA) is 163 Å². The van der Waals surface area contributed by atoms with Crippen molar-refractivity contribution in [3.63, 3.8) is 0 Å². The zero-order chi connectivity index (χ0) is 21.2. The number of esters is 1. The molecule has 2 rings (SSSR count). The monoisotopic (exact) mass is 396 g/mol. The van der Waals surface area contributed by atoms with Crippen LogP contribution in [0.1, 0.15) is 24.1 Å². The molecule has 0 aliphatic rings. The molecule has 1 aromatic heterocycles. The minimum Gasteiger partial charge on any atom is -0.465 e. The van der Waals surface area contributed by atoms with Crippen LogP contribution in [-0.2, 0) is 19.1 Å². The molecule has 29 heavy (non-hydrogen) atoms. The lowest BCUT2D eigenvalue weighted by Crippen LogP contribution is -2.32. The first-order chi connectivity index (χ1) is 13.9. The molecule has 0 bridgehead atoms. The van der Waals surface area contributed by atoms with Crippen molar-refractivity contribution in [3.8, 4) is 11.8 Å². The number of rotatable bonds is 7. The maximum absolute atomic E-state index is 12.0. The Bertz CT molecular complexity index is 941. The molecule has 10 heteroatoms. The van der Waals surface area contributed by atoms with Crippen LogP contribution in [0.25, 0.3) is 0 Å². The van der Waals surface area contributed by atoms with Crippen LogP contribution in [-0.4, -0.2) is 47.0 Å². The first kappa shape index (κ1) is 21.2. The highest BCUT2D eigenvalue weighted by Crippen LogP contribution is 2.13. The molecule has 0 saturated carbocycles. The summed E-state index contributed by atoms with van der Waals surface area (Å²) < 4.78 is 4.98. The van der Waals surface area contributed by atoms with Gasteiger partial charge in [-0.1, -0.05) is 0 Å². The Kier molecular flexibility index (Phi) is 7.50. The average Bonchev–Trinajstić information content (AvgIpc) is 3.21. The molecule has 0 radical (unpaired) electrons.